The van der Waals surface area contributed by atoms with Crippen LogP contribution in [0.4, 0.5) is 11.4 Å². The third kappa shape index (κ3) is 2.85. The molecule has 21 heavy (non-hydrogen) atoms. The van der Waals surface area contributed by atoms with Crippen LogP contribution in [0.2, 0.25) is 0 Å². The van der Waals surface area contributed by atoms with Gasteiger partial charge in [-0.15, -0.1) is 0 Å². The Bertz CT molecular complexity index is 517. The number of para-hydroxylation sites is 2. The highest BCUT2D eigenvalue weighted by atomic mass is 16.2. The fourth-order valence-electron chi connectivity index (χ4n) is 3.64. The Balaban J connectivity index is 1.68. The summed E-state index contributed by atoms with van der Waals surface area (Å²) in [6, 6.07) is 8.28. The molecule has 1 aromatic carbocycles. The lowest BCUT2D eigenvalue weighted by Crippen LogP contribution is -2.52. The molecule has 2 N–H and O–H groups in total. The Morgan fingerprint density at radius 3 is 2.67 bits per heavy atom. The molecular formula is C17H25N3O. The first-order chi connectivity index (χ1) is 10.2. The van der Waals surface area contributed by atoms with Crippen LogP contribution in [0.15, 0.2) is 24.3 Å². The molecule has 1 aromatic rings. The van der Waals surface area contributed by atoms with E-state index in [9.17, 15) is 4.79 Å². The minimum absolute atomic E-state index is 0.168. The summed E-state index contributed by atoms with van der Waals surface area (Å²) >= 11 is 0. The Morgan fingerprint density at radius 1 is 1.19 bits per heavy atom. The van der Waals surface area contributed by atoms with Crippen molar-refractivity contribution in [1.29, 1.82) is 0 Å². The van der Waals surface area contributed by atoms with Crippen LogP contribution in [0, 0.1) is 5.92 Å². The Labute approximate surface area is 126 Å². The lowest BCUT2D eigenvalue weighted by molar-refractivity contribution is -0.134. The van der Waals surface area contributed by atoms with Crippen molar-refractivity contribution in [1.82, 2.24) is 4.90 Å². The number of benzene rings is 1. The molecule has 0 radical (unpaired) electrons. The van der Waals surface area contributed by atoms with E-state index in [4.69, 9.17) is 0 Å². The van der Waals surface area contributed by atoms with Crippen molar-refractivity contribution in [2.24, 2.45) is 5.92 Å². The summed E-state index contributed by atoms with van der Waals surface area (Å²) < 4.78 is 0. The summed E-state index contributed by atoms with van der Waals surface area (Å²) in [4.78, 5) is 14.8. The number of nitrogens with one attached hydrogen (secondary N) is 2. The zero-order valence-electron chi connectivity index (χ0n) is 12.9. The van der Waals surface area contributed by atoms with Crippen LogP contribution < -0.4 is 10.6 Å². The molecule has 0 aromatic heterocycles. The van der Waals surface area contributed by atoms with E-state index in [1.165, 1.54) is 19.3 Å². The zero-order chi connectivity index (χ0) is 14.8. The van der Waals surface area contributed by atoms with Gasteiger partial charge >= 0.3 is 0 Å². The van der Waals surface area contributed by atoms with Gasteiger partial charge in [0.15, 0.2) is 0 Å². The first-order valence-corrected chi connectivity index (χ1v) is 8.03. The number of hydrogen-bond acceptors (Lipinski definition) is 3. The first kappa shape index (κ1) is 14.2. The Morgan fingerprint density at radius 2 is 1.90 bits per heavy atom. The predicted octanol–water partition coefficient (Wildman–Crippen LogP) is 2.93. The van der Waals surface area contributed by atoms with Gasteiger partial charge in [0, 0.05) is 19.6 Å². The molecular weight excluding hydrogens is 262 g/mol. The van der Waals surface area contributed by atoms with Crippen molar-refractivity contribution < 1.29 is 4.79 Å². The molecule has 0 spiro atoms. The largest absolute Gasteiger partial charge is 0.381 e. The molecule has 1 aliphatic carbocycles. The molecule has 1 heterocycles. The van der Waals surface area contributed by atoms with Gasteiger partial charge in [-0.25, -0.2) is 0 Å². The number of likely N-dealkylation sites (N-methyl/N-ethyl adjacent to an activating group) is 1. The number of anilines is 2. The van der Waals surface area contributed by atoms with Crippen LogP contribution in [0.25, 0.3) is 0 Å². The van der Waals surface area contributed by atoms with Crippen molar-refractivity contribution in [2.75, 3.05) is 24.2 Å². The summed E-state index contributed by atoms with van der Waals surface area (Å²) in [7, 11) is 1.97. The van der Waals surface area contributed by atoms with E-state index >= 15 is 0 Å². The van der Waals surface area contributed by atoms with Gasteiger partial charge < -0.3 is 15.5 Å². The van der Waals surface area contributed by atoms with Crippen LogP contribution in [-0.2, 0) is 4.79 Å². The third-order valence-corrected chi connectivity index (χ3v) is 4.96. The van der Waals surface area contributed by atoms with E-state index < -0.39 is 0 Å². The van der Waals surface area contributed by atoms with Gasteiger partial charge in [-0.05, 0) is 30.9 Å². The van der Waals surface area contributed by atoms with Gasteiger partial charge in [0.05, 0.1) is 11.4 Å². The minimum Gasteiger partial charge on any atom is -0.381 e. The molecule has 4 heteroatoms. The molecule has 1 fully saturated rings. The van der Waals surface area contributed by atoms with Gasteiger partial charge in [0.2, 0.25) is 5.91 Å². The van der Waals surface area contributed by atoms with Crippen molar-refractivity contribution >= 4 is 17.3 Å². The van der Waals surface area contributed by atoms with Gasteiger partial charge in [0.1, 0.15) is 6.04 Å². The number of carbonyl (C=O) groups is 1. The summed E-state index contributed by atoms with van der Waals surface area (Å²) in [5, 5.41) is 6.73. The van der Waals surface area contributed by atoms with Crippen LogP contribution in [-0.4, -0.2) is 36.5 Å². The molecule has 1 aliphatic heterocycles. The number of rotatable bonds is 2. The van der Waals surface area contributed by atoms with Crippen molar-refractivity contribution in [3.05, 3.63) is 24.3 Å². The first-order valence-electron chi connectivity index (χ1n) is 8.03. The highest BCUT2D eigenvalue weighted by molar-refractivity contribution is 5.88. The van der Waals surface area contributed by atoms with Crippen molar-refractivity contribution in [3.8, 4) is 0 Å². The molecule has 2 aliphatic rings. The fourth-order valence-corrected chi connectivity index (χ4v) is 3.64. The quantitative estimate of drug-likeness (QED) is 0.879. The molecule has 114 valence electrons. The smallest absolute Gasteiger partial charge is 0.246 e. The van der Waals surface area contributed by atoms with Gasteiger partial charge in [0.25, 0.3) is 0 Å². The third-order valence-electron chi connectivity index (χ3n) is 4.96. The monoisotopic (exact) mass is 287 g/mol. The Kier molecular flexibility index (Phi) is 4.04. The van der Waals surface area contributed by atoms with Crippen LogP contribution in [0.5, 0.6) is 0 Å². The molecule has 0 bridgehead atoms. The van der Waals surface area contributed by atoms with E-state index in [2.05, 4.69) is 17.6 Å². The highest BCUT2D eigenvalue weighted by Crippen LogP contribution is 2.29. The molecule has 3 unspecified atom stereocenters. The molecule has 3 rings (SSSR count). The number of carbonyl (C=O) groups excluding carboxylic acids is 1. The second-order valence-corrected chi connectivity index (χ2v) is 6.40. The molecule has 1 amide bonds. The van der Waals surface area contributed by atoms with E-state index in [-0.39, 0.29) is 11.9 Å². The van der Waals surface area contributed by atoms with Gasteiger partial charge in [-0.2, -0.15) is 0 Å². The van der Waals surface area contributed by atoms with Crippen molar-refractivity contribution in [3.63, 3.8) is 0 Å². The second-order valence-electron chi connectivity index (χ2n) is 6.40. The number of nitrogens with zero attached hydrogens (tertiary/aromatic N) is 1. The molecule has 1 saturated carbocycles. The zero-order valence-corrected chi connectivity index (χ0v) is 12.9. The fraction of sp³-hybridized carbons (Fsp3) is 0.588. The number of amides is 1. The maximum Gasteiger partial charge on any atom is 0.246 e. The van der Waals surface area contributed by atoms with Crippen LogP contribution in [0.1, 0.15) is 32.6 Å². The lowest BCUT2D eigenvalue weighted by Gasteiger charge is -2.39. The van der Waals surface area contributed by atoms with E-state index in [0.717, 1.165) is 17.8 Å². The Hall–Kier alpha value is -1.71. The van der Waals surface area contributed by atoms with E-state index in [0.29, 0.717) is 18.5 Å². The van der Waals surface area contributed by atoms with Crippen LogP contribution >= 0.6 is 0 Å². The maximum atomic E-state index is 12.8. The van der Waals surface area contributed by atoms with E-state index in [1.807, 2.05) is 36.2 Å². The average molecular weight is 287 g/mol. The number of hydrogen-bond donors (Lipinski definition) is 2. The summed E-state index contributed by atoms with van der Waals surface area (Å²) in [5.74, 6) is 0.812. The second kappa shape index (κ2) is 5.96. The SMILES string of the molecule is CC1CCCCC1N(C)C(=O)C1CNc2ccccc2N1. The normalized spacial score (nSPS) is 28.0. The van der Waals surface area contributed by atoms with E-state index in [1.54, 1.807) is 0 Å². The summed E-state index contributed by atoms with van der Waals surface area (Å²) in [5.41, 5.74) is 2.10. The highest BCUT2D eigenvalue weighted by Gasteiger charge is 2.32. The van der Waals surface area contributed by atoms with Crippen molar-refractivity contribution in [2.45, 2.75) is 44.7 Å². The van der Waals surface area contributed by atoms with Crippen LogP contribution in [0.3, 0.4) is 0 Å². The van der Waals surface area contributed by atoms with Gasteiger partial charge in [-0.1, -0.05) is 31.9 Å². The van der Waals surface area contributed by atoms with Gasteiger partial charge in [-0.3, -0.25) is 4.79 Å². The molecule has 0 saturated heterocycles. The topological polar surface area (TPSA) is 44.4 Å². The molecule has 3 atom stereocenters. The standard InChI is InChI=1S/C17H25N3O/c1-12-7-3-6-10-16(12)20(2)17(21)15-11-18-13-8-4-5-9-14(13)19-15/h4-5,8-9,12,15-16,18-19H,3,6-7,10-11H2,1-2H3. The predicted molar refractivity (Wildman–Crippen MR) is 86.5 cm³/mol. The summed E-state index contributed by atoms with van der Waals surface area (Å²) in [6.07, 6.45) is 4.92. The molecule has 4 nitrogen and oxygen atoms in total. The minimum atomic E-state index is -0.168. The number of fused-ring (bicyclic) bond motifs is 1. The average Bonchev–Trinajstić information content (AvgIpc) is 2.53. The summed E-state index contributed by atoms with van der Waals surface area (Å²) in [6.45, 7) is 2.93. The maximum absolute atomic E-state index is 12.8. The lowest BCUT2D eigenvalue weighted by atomic mass is 9.85.